The van der Waals surface area contributed by atoms with Crippen molar-refractivity contribution in [3.8, 4) is 0 Å². The highest BCUT2D eigenvalue weighted by atomic mass is 16.4. The van der Waals surface area contributed by atoms with E-state index >= 15 is 0 Å². The number of aromatic nitrogens is 3. The molecule has 0 radical (unpaired) electrons. The van der Waals surface area contributed by atoms with Gasteiger partial charge in [-0.05, 0) is 17.7 Å². The van der Waals surface area contributed by atoms with Gasteiger partial charge < -0.3 is 15.1 Å². The molecular weight excluding hydrogens is 410 g/mol. The first-order valence-corrected chi connectivity index (χ1v) is 10.3. The lowest BCUT2D eigenvalue weighted by Crippen LogP contribution is -2.39. The Morgan fingerprint density at radius 2 is 1.88 bits per heavy atom. The summed E-state index contributed by atoms with van der Waals surface area (Å²) in [5, 5.41) is 10.1. The van der Waals surface area contributed by atoms with Crippen LogP contribution in [0.5, 0.6) is 0 Å². The Balaban J connectivity index is 1.21. The third kappa shape index (κ3) is 3.80. The highest BCUT2D eigenvalue weighted by molar-refractivity contribution is 5.95. The van der Waals surface area contributed by atoms with Crippen LogP contribution in [0.2, 0.25) is 0 Å². The predicted molar refractivity (Wildman–Crippen MR) is 116 cm³/mol. The Labute approximate surface area is 182 Å². The number of amides is 2. The molecule has 32 heavy (non-hydrogen) atoms. The number of rotatable bonds is 6. The van der Waals surface area contributed by atoms with E-state index in [1.807, 2.05) is 30.3 Å². The maximum Gasteiger partial charge on any atom is 0.420 e. The van der Waals surface area contributed by atoms with Crippen LogP contribution in [0, 0.1) is 0 Å². The van der Waals surface area contributed by atoms with Crippen LogP contribution in [0.25, 0.3) is 11.1 Å². The lowest BCUT2D eigenvalue weighted by molar-refractivity contribution is -0.122. The van der Waals surface area contributed by atoms with Crippen molar-refractivity contribution in [1.29, 1.82) is 0 Å². The number of oxazole rings is 1. The van der Waals surface area contributed by atoms with Crippen LogP contribution >= 0.6 is 0 Å². The molecule has 2 amide bonds. The molecule has 162 valence electrons. The van der Waals surface area contributed by atoms with E-state index in [1.165, 1.54) is 4.57 Å². The van der Waals surface area contributed by atoms with Gasteiger partial charge in [0.05, 0.1) is 35.6 Å². The molecule has 0 saturated carbocycles. The number of para-hydroxylation sites is 2. The zero-order chi connectivity index (χ0) is 22.1. The van der Waals surface area contributed by atoms with Crippen molar-refractivity contribution in [1.82, 2.24) is 25.0 Å². The molecule has 5 rings (SSSR count). The third-order valence-corrected chi connectivity index (χ3v) is 5.56. The minimum Gasteiger partial charge on any atom is -0.408 e. The monoisotopic (exact) mass is 431 g/mol. The van der Waals surface area contributed by atoms with Gasteiger partial charge in [0.15, 0.2) is 5.58 Å². The minimum absolute atomic E-state index is 0.140. The Morgan fingerprint density at radius 3 is 2.72 bits per heavy atom. The highest BCUT2D eigenvalue weighted by Gasteiger charge is 2.29. The number of fused-ring (bicyclic) bond motifs is 2. The van der Waals surface area contributed by atoms with Crippen LogP contribution in [0.1, 0.15) is 21.6 Å². The zero-order valence-corrected chi connectivity index (χ0v) is 17.2. The normalized spacial score (nSPS) is 14.9. The van der Waals surface area contributed by atoms with Crippen molar-refractivity contribution < 1.29 is 14.0 Å². The minimum atomic E-state index is -0.571. The number of hydrogen-bond donors (Lipinski definition) is 2. The van der Waals surface area contributed by atoms with E-state index in [0.717, 1.165) is 11.3 Å². The largest absolute Gasteiger partial charge is 0.420 e. The van der Waals surface area contributed by atoms with Gasteiger partial charge in [0, 0.05) is 13.0 Å². The maximum absolute atomic E-state index is 12.6. The second-order valence-corrected chi connectivity index (χ2v) is 7.75. The van der Waals surface area contributed by atoms with Gasteiger partial charge in [-0.25, -0.2) is 4.79 Å². The number of nitrogens with zero attached hydrogens (tertiary/aromatic N) is 3. The van der Waals surface area contributed by atoms with E-state index in [9.17, 15) is 14.4 Å². The first-order valence-electron chi connectivity index (χ1n) is 10.3. The highest BCUT2D eigenvalue weighted by Crippen LogP contribution is 2.19. The number of nitrogens with one attached hydrogen (secondary N) is 2. The van der Waals surface area contributed by atoms with Gasteiger partial charge >= 0.3 is 5.76 Å². The average Bonchev–Trinajstić information content (AvgIpc) is 3.45. The third-order valence-electron chi connectivity index (χ3n) is 5.56. The topological polar surface area (TPSA) is 111 Å². The standard InChI is InChI=1S/C23H21N5O4/c29-21(14-27-18-8-4-5-9-20(18)32-23(27)31)26-16-10-19-17(12-25-28(19)13-16)22(30)24-11-15-6-2-1-3-7-15/h1-9,12,16H,10-11,13-14H2,(H,24,30)(H,26,29)/t16-/m0/s1. The molecule has 9 nitrogen and oxygen atoms in total. The molecule has 2 aromatic heterocycles. The van der Waals surface area contributed by atoms with Crippen molar-refractivity contribution in [3.05, 3.63) is 88.2 Å². The summed E-state index contributed by atoms with van der Waals surface area (Å²) in [5.41, 5.74) is 3.32. The fraction of sp³-hybridized carbons (Fsp3) is 0.217. The van der Waals surface area contributed by atoms with E-state index in [2.05, 4.69) is 15.7 Å². The van der Waals surface area contributed by atoms with Crippen molar-refractivity contribution >= 4 is 22.9 Å². The fourth-order valence-electron chi connectivity index (χ4n) is 4.03. The first kappa shape index (κ1) is 19.8. The molecule has 0 aliphatic carbocycles. The SMILES string of the molecule is O=C(Cn1c(=O)oc2ccccc21)N[C@H]1Cc2c(C(=O)NCc3ccccc3)cnn2C1. The smallest absolute Gasteiger partial charge is 0.408 e. The van der Waals surface area contributed by atoms with Crippen LogP contribution in [-0.4, -0.2) is 32.2 Å². The summed E-state index contributed by atoms with van der Waals surface area (Å²) < 4.78 is 8.22. The van der Waals surface area contributed by atoms with Gasteiger partial charge in [-0.3, -0.25) is 18.8 Å². The van der Waals surface area contributed by atoms with Crippen LogP contribution in [0.15, 0.2) is 70.0 Å². The van der Waals surface area contributed by atoms with Gasteiger partial charge in [0.25, 0.3) is 5.91 Å². The molecule has 0 unspecified atom stereocenters. The molecule has 1 aliphatic heterocycles. The molecular formula is C23H21N5O4. The summed E-state index contributed by atoms with van der Waals surface area (Å²) in [7, 11) is 0. The zero-order valence-electron chi connectivity index (χ0n) is 17.2. The van der Waals surface area contributed by atoms with E-state index in [0.29, 0.717) is 36.2 Å². The Kier molecular flexibility index (Phi) is 5.06. The van der Waals surface area contributed by atoms with Crippen LogP contribution in [0.3, 0.4) is 0 Å². The number of benzene rings is 2. The molecule has 2 N–H and O–H groups in total. The van der Waals surface area contributed by atoms with Crippen molar-refractivity contribution in [2.24, 2.45) is 0 Å². The molecule has 1 aliphatic rings. The molecule has 4 aromatic rings. The quantitative estimate of drug-likeness (QED) is 0.480. The van der Waals surface area contributed by atoms with Gasteiger partial charge in [-0.2, -0.15) is 5.10 Å². The molecule has 0 saturated heterocycles. The predicted octanol–water partition coefficient (Wildman–Crippen LogP) is 1.46. The van der Waals surface area contributed by atoms with Crippen LogP contribution in [-0.2, 0) is 30.8 Å². The van der Waals surface area contributed by atoms with E-state index in [-0.39, 0.29) is 24.4 Å². The van der Waals surface area contributed by atoms with Crippen molar-refractivity contribution in [2.45, 2.75) is 32.1 Å². The molecule has 1 atom stereocenters. The van der Waals surface area contributed by atoms with Gasteiger partial charge in [-0.1, -0.05) is 42.5 Å². The lowest BCUT2D eigenvalue weighted by Gasteiger charge is -2.12. The van der Waals surface area contributed by atoms with Crippen LogP contribution in [0.4, 0.5) is 0 Å². The molecule has 2 aromatic carbocycles. The molecule has 3 heterocycles. The molecule has 0 bridgehead atoms. The van der Waals surface area contributed by atoms with Gasteiger partial charge in [0.2, 0.25) is 5.91 Å². The second kappa shape index (κ2) is 8.18. The fourth-order valence-corrected chi connectivity index (χ4v) is 4.03. The van der Waals surface area contributed by atoms with Crippen molar-refractivity contribution in [2.75, 3.05) is 0 Å². The number of hydrogen-bond acceptors (Lipinski definition) is 5. The summed E-state index contributed by atoms with van der Waals surface area (Å²) in [4.78, 5) is 37.3. The summed E-state index contributed by atoms with van der Waals surface area (Å²) in [6.45, 7) is 0.755. The van der Waals surface area contributed by atoms with E-state index in [4.69, 9.17) is 4.42 Å². The lowest BCUT2D eigenvalue weighted by atomic mass is 10.1. The average molecular weight is 431 g/mol. The summed E-state index contributed by atoms with van der Waals surface area (Å²) in [5.74, 6) is -1.07. The van der Waals surface area contributed by atoms with E-state index in [1.54, 1.807) is 35.1 Å². The number of carbonyl (C=O) groups excluding carboxylic acids is 2. The summed E-state index contributed by atoms with van der Waals surface area (Å²) >= 11 is 0. The Bertz CT molecular complexity index is 1350. The molecule has 9 heteroatoms. The summed E-state index contributed by atoms with van der Waals surface area (Å²) in [6.07, 6.45) is 2.05. The van der Waals surface area contributed by atoms with Gasteiger partial charge in [0.1, 0.15) is 6.54 Å². The molecule has 0 spiro atoms. The van der Waals surface area contributed by atoms with Crippen molar-refractivity contribution in [3.63, 3.8) is 0 Å². The van der Waals surface area contributed by atoms with E-state index < -0.39 is 5.76 Å². The Hall–Kier alpha value is -4.14. The molecule has 0 fully saturated rings. The van der Waals surface area contributed by atoms with Gasteiger partial charge in [-0.15, -0.1) is 0 Å². The maximum atomic E-state index is 12.6. The van der Waals surface area contributed by atoms with Crippen LogP contribution < -0.4 is 16.4 Å². The second-order valence-electron chi connectivity index (χ2n) is 7.75. The number of carbonyl (C=O) groups is 2. The summed E-state index contributed by atoms with van der Waals surface area (Å²) in [6, 6.07) is 16.4. The Morgan fingerprint density at radius 1 is 1.09 bits per heavy atom. The first-order chi connectivity index (χ1) is 15.6.